The van der Waals surface area contributed by atoms with Gasteiger partial charge in [-0.1, -0.05) is 12.1 Å². The minimum absolute atomic E-state index is 0.00698. The Balaban J connectivity index is 1.81. The van der Waals surface area contributed by atoms with Crippen molar-refractivity contribution in [2.24, 2.45) is 0 Å². The van der Waals surface area contributed by atoms with E-state index in [2.05, 4.69) is 25.6 Å². The molecule has 0 amide bonds. The molecule has 160 valence electrons. The van der Waals surface area contributed by atoms with Crippen molar-refractivity contribution < 1.29 is 18.3 Å². The van der Waals surface area contributed by atoms with Crippen LogP contribution in [0.1, 0.15) is 11.4 Å². The van der Waals surface area contributed by atoms with Crippen molar-refractivity contribution >= 4 is 28.4 Å². The molecule has 2 aromatic carbocycles. The maximum absolute atomic E-state index is 14.2. The minimum atomic E-state index is -0.780. The molecule has 4 rings (SSSR count). The zero-order chi connectivity index (χ0) is 22.0. The molecule has 0 radical (unpaired) electrons. The molecule has 0 unspecified atom stereocenters. The molecule has 3 N–H and O–H groups in total. The molecule has 0 aliphatic carbocycles. The van der Waals surface area contributed by atoms with Gasteiger partial charge in [0, 0.05) is 30.4 Å². The van der Waals surface area contributed by atoms with Crippen LogP contribution in [0, 0.1) is 18.6 Å². The monoisotopic (exact) mass is 428 g/mol. The number of rotatable bonds is 7. The molecule has 7 nitrogen and oxygen atoms in total. The Labute approximate surface area is 175 Å². The van der Waals surface area contributed by atoms with Crippen molar-refractivity contribution in [1.29, 1.82) is 0 Å². The number of halogens is 3. The van der Waals surface area contributed by atoms with Crippen LogP contribution in [0.25, 0.3) is 17.0 Å². The number of aliphatic hydroxyl groups is 1. The largest absolute Gasteiger partial charge is 0.395 e. The zero-order valence-electron chi connectivity index (χ0n) is 16.5. The number of hydrogen-bond donors (Lipinski definition) is 3. The smallest absolute Gasteiger partial charge is 0.239 e. The number of nitrogens with one attached hydrogen (secondary N) is 2. The predicted molar refractivity (Wildman–Crippen MR) is 111 cm³/mol. The Kier molecular flexibility index (Phi) is 5.72. The fraction of sp³-hybridized carbons (Fsp3) is 0.190. The quantitative estimate of drug-likeness (QED) is 0.412. The second-order valence-electron chi connectivity index (χ2n) is 6.79. The average Bonchev–Trinajstić information content (AvgIpc) is 3.09. The van der Waals surface area contributed by atoms with Crippen LogP contribution in [0.5, 0.6) is 0 Å². The van der Waals surface area contributed by atoms with Gasteiger partial charge >= 0.3 is 0 Å². The Bertz CT molecular complexity index is 1230. The van der Waals surface area contributed by atoms with Crippen molar-refractivity contribution in [3.63, 3.8) is 0 Å². The van der Waals surface area contributed by atoms with E-state index in [1.165, 1.54) is 10.6 Å². The number of benzene rings is 2. The lowest BCUT2D eigenvalue weighted by Crippen LogP contribution is -2.11. The summed E-state index contributed by atoms with van der Waals surface area (Å²) in [6.07, 6.45) is 0. The van der Waals surface area contributed by atoms with E-state index in [4.69, 9.17) is 5.11 Å². The lowest BCUT2D eigenvalue weighted by Gasteiger charge is -2.13. The lowest BCUT2D eigenvalue weighted by molar-refractivity contribution is 0.311. The summed E-state index contributed by atoms with van der Waals surface area (Å²) in [7, 11) is 0. The van der Waals surface area contributed by atoms with Crippen molar-refractivity contribution in [2.75, 3.05) is 23.8 Å². The summed E-state index contributed by atoms with van der Waals surface area (Å²) in [5.74, 6) is -0.241. The summed E-state index contributed by atoms with van der Waals surface area (Å²) < 4.78 is 42.3. The fourth-order valence-electron chi connectivity index (χ4n) is 3.17. The molecule has 0 saturated heterocycles. The minimum Gasteiger partial charge on any atom is -0.395 e. The molecule has 0 saturated carbocycles. The zero-order valence-corrected chi connectivity index (χ0v) is 16.5. The third kappa shape index (κ3) is 4.29. The molecule has 0 aliphatic rings. The first-order valence-corrected chi connectivity index (χ1v) is 9.48. The molecule has 4 aromatic rings. The first-order chi connectivity index (χ1) is 15.0. The molecule has 0 aliphatic heterocycles. The van der Waals surface area contributed by atoms with E-state index in [1.807, 2.05) is 0 Å². The Hall–Kier alpha value is -3.66. The molecule has 2 aromatic heterocycles. The normalized spacial score (nSPS) is 11.1. The van der Waals surface area contributed by atoms with Gasteiger partial charge in [0.2, 0.25) is 5.95 Å². The average molecular weight is 428 g/mol. The molecular weight excluding hydrogens is 409 g/mol. The van der Waals surface area contributed by atoms with E-state index >= 15 is 0 Å². The van der Waals surface area contributed by atoms with Crippen LogP contribution in [-0.2, 0) is 6.67 Å². The Morgan fingerprint density at radius 3 is 2.45 bits per heavy atom. The molecule has 0 spiro atoms. The molecule has 31 heavy (non-hydrogen) atoms. The van der Waals surface area contributed by atoms with E-state index in [1.54, 1.807) is 37.3 Å². The first-order valence-electron chi connectivity index (χ1n) is 9.48. The highest BCUT2D eigenvalue weighted by Gasteiger charge is 2.17. The number of imidazole rings is 1. The Morgan fingerprint density at radius 2 is 1.74 bits per heavy atom. The van der Waals surface area contributed by atoms with Gasteiger partial charge in [-0.15, -0.1) is 0 Å². The molecular formula is C21H19F3N6O. The van der Waals surface area contributed by atoms with Gasteiger partial charge in [0.1, 0.15) is 35.5 Å². The SMILES string of the molecule is Cc1nc2c(F)cc(F)cc2n1-c1nc(NCCO)cc(Nc2ccc(CF)cc2)n1. The topological polar surface area (TPSA) is 87.9 Å². The summed E-state index contributed by atoms with van der Waals surface area (Å²) in [4.78, 5) is 13.1. The number of fused-ring (bicyclic) bond motifs is 1. The number of aliphatic hydroxyl groups excluding tert-OH is 1. The number of aromatic nitrogens is 4. The van der Waals surface area contributed by atoms with E-state index in [0.717, 1.165) is 6.07 Å². The second-order valence-corrected chi connectivity index (χ2v) is 6.79. The van der Waals surface area contributed by atoms with Gasteiger partial charge < -0.3 is 15.7 Å². The van der Waals surface area contributed by atoms with Gasteiger partial charge in [-0.25, -0.2) is 18.2 Å². The summed E-state index contributed by atoms with van der Waals surface area (Å²) >= 11 is 0. The fourth-order valence-corrected chi connectivity index (χ4v) is 3.17. The van der Waals surface area contributed by atoms with E-state index < -0.39 is 18.3 Å². The van der Waals surface area contributed by atoms with E-state index in [0.29, 0.717) is 28.7 Å². The predicted octanol–water partition coefficient (Wildman–Crippen LogP) is 4.02. The summed E-state index contributed by atoms with van der Waals surface area (Å²) in [5.41, 5.74) is 1.41. The highest BCUT2D eigenvalue weighted by Crippen LogP contribution is 2.26. The Morgan fingerprint density at radius 1 is 1.00 bits per heavy atom. The van der Waals surface area contributed by atoms with Gasteiger partial charge in [-0.3, -0.25) is 4.57 Å². The first kappa shape index (κ1) is 20.6. The molecule has 0 atom stereocenters. The van der Waals surface area contributed by atoms with Gasteiger partial charge in [-0.05, 0) is 24.6 Å². The lowest BCUT2D eigenvalue weighted by atomic mass is 10.2. The van der Waals surface area contributed by atoms with Crippen LogP contribution in [0.15, 0.2) is 42.5 Å². The number of nitrogens with zero attached hydrogens (tertiary/aromatic N) is 4. The molecule has 0 bridgehead atoms. The van der Waals surface area contributed by atoms with Crippen LogP contribution < -0.4 is 10.6 Å². The second kappa shape index (κ2) is 8.60. The maximum Gasteiger partial charge on any atom is 0.239 e. The van der Waals surface area contributed by atoms with E-state index in [9.17, 15) is 13.2 Å². The van der Waals surface area contributed by atoms with Crippen LogP contribution in [0.4, 0.5) is 30.5 Å². The summed E-state index contributed by atoms with van der Waals surface area (Å²) in [6.45, 7) is 1.20. The van der Waals surface area contributed by atoms with Crippen molar-refractivity contribution in [3.8, 4) is 5.95 Å². The van der Waals surface area contributed by atoms with Gasteiger partial charge in [-0.2, -0.15) is 9.97 Å². The van der Waals surface area contributed by atoms with Crippen molar-refractivity contribution in [1.82, 2.24) is 19.5 Å². The van der Waals surface area contributed by atoms with Crippen LogP contribution in [0.3, 0.4) is 0 Å². The molecule has 2 heterocycles. The molecule has 10 heteroatoms. The summed E-state index contributed by atoms with van der Waals surface area (Å²) in [6, 6.07) is 10.3. The third-order valence-electron chi connectivity index (χ3n) is 4.56. The highest BCUT2D eigenvalue weighted by atomic mass is 19.1. The number of alkyl halides is 1. The standard InChI is InChI=1S/C21H19F3N6O/c1-12-26-20-16(24)8-14(23)9-17(20)30(12)21-28-18(25-6-7-31)10-19(29-21)27-15-4-2-13(11-22)3-5-15/h2-5,8-10,31H,6-7,11H2,1H3,(H2,25,27,28,29). The summed E-state index contributed by atoms with van der Waals surface area (Å²) in [5, 5.41) is 15.2. The van der Waals surface area contributed by atoms with Crippen LogP contribution in [-0.4, -0.2) is 37.8 Å². The highest BCUT2D eigenvalue weighted by molar-refractivity contribution is 5.78. The molecule has 0 fully saturated rings. The van der Waals surface area contributed by atoms with Crippen LogP contribution in [0.2, 0.25) is 0 Å². The van der Waals surface area contributed by atoms with Crippen molar-refractivity contribution in [2.45, 2.75) is 13.6 Å². The van der Waals surface area contributed by atoms with Gasteiger partial charge in [0.15, 0.2) is 5.82 Å². The van der Waals surface area contributed by atoms with E-state index in [-0.39, 0.29) is 30.1 Å². The number of anilines is 3. The number of aryl methyl sites for hydroxylation is 1. The maximum atomic E-state index is 14.2. The van der Waals surface area contributed by atoms with Crippen LogP contribution >= 0.6 is 0 Å². The van der Waals surface area contributed by atoms with Crippen molar-refractivity contribution in [3.05, 3.63) is 65.5 Å². The third-order valence-corrected chi connectivity index (χ3v) is 4.56. The van der Waals surface area contributed by atoms with Gasteiger partial charge in [0.25, 0.3) is 0 Å². The number of hydrogen-bond acceptors (Lipinski definition) is 6. The van der Waals surface area contributed by atoms with Gasteiger partial charge in [0.05, 0.1) is 12.1 Å².